The summed E-state index contributed by atoms with van der Waals surface area (Å²) in [5.41, 5.74) is 2.04. The van der Waals surface area contributed by atoms with Crippen LogP contribution in [0.3, 0.4) is 0 Å². The first kappa shape index (κ1) is 16.9. The molecule has 0 aromatic heterocycles. The standard InChI is InChI=1S/C18H18ClNO3/c1-4-9-23-16-8-6-13(11-17(16)22-3)18(21)20-15-7-5-12(2)10-14(15)19/h4-8,10-11H,1,9H2,2-3H3,(H,20,21). The Morgan fingerprint density at radius 3 is 2.70 bits per heavy atom. The summed E-state index contributed by atoms with van der Waals surface area (Å²) in [6, 6.07) is 10.4. The minimum Gasteiger partial charge on any atom is -0.493 e. The van der Waals surface area contributed by atoms with Gasteiger partial charge in [0.05, 0.1) is 17.8 Å². The van der Waals surface area contributed by atoms with E-state index in [0.29, 0.717) is 34.4 Å². The van der Waals surface area contributed by atoms with Gasteiger partial charge in [-0.25, -0.2) is 0 Å². The van der Waals surface area contributed by atoms with Crippen molar-refractivity contribution in [1.29, 1.82) is 0 Å². The topological polar surface area (TPSA) is 47.6 Å². The molecule has 2 aromatic carbocycles. The van der Waals surface area contributed by atoms with Crippen LogP contribution >= 0.6 is 11.6 Å². The summed E-state index contributed by atoms with van der Waals surface area (Å²) in [5.74, 6) is 0.760. The first-order chi connectivity index (χ1) is 11.0. The Hall–Kier alpha value is -2.46. The molecule has 120 valence electrons. The van der Waals surface area contributed by atoms with Crippen LogP contribution < -0.4 is 14.8 Å². The average molecular weight is 332 g/mol. The van der Waals surface area contributed by atoms with E-state index in [1.807, 2.05) is 13.0 Å². The normalized spacial score (nSPS) is 10.0. The maximum absolute atomic E-state index is 12.4. The van der Waals surface area contributed by atoms with Gasteiger partial charge < -0.3 is 14.8 Å². The second-order valence-electron chi connectivity index (χ2n) is 4.90. The SMILES string of the molecule is C=CCOc1ccc(C(=O)Nc2ccc(C)cc2Cl)cc1OC. The van der Waals surface area contributed by atoms with Crippen molar-refractivity contribution in [2.24, 2.45) is 0 Å². The van der Waals surface area contributed by atoms with Gasteiger partial charge in [0.15, 0.2) is 11.5 Å². The van der Waals surface area contributed by atoms with Gasteiger partial charge in [-0.05, 0) is 42.8 Å². The molecule has 5 heteroatoms. The highest BCUT2D eigenvalue weighted by atomic mass is 35.5. The zero-order chi connectivity index (χ0) is 16.8. The van der Waals surface area contributed by atoms with Gasteiger partial charge in [-0.3, -0.25) is 4.79 Å². The number of aryl methyl sites for hydroxylation is 1. The number of hydrogen-bond acceptors (Lipinski definition) is 3. The molecule has 1 amide bonds. The minimum atomic E-state index is -0.274. The van der Waals surface area contributed by atoms with Gasteiger partial charge in [-0.15, -0.1) is 0 Å². The molecule has 0 saturated carbocycles. The summed E-state index contributed by atoms with van der Waals surface area (Å²) < 4.78 is 10.7. The van der Waals surface area contributed by atoms with Crippen molar-refractivity contribution in [3.8, 4) is 11.5 Å². The van der Waals surface area contributed by atoms with E-state index >= 15 is 0 Å². The molecule has 2 aromatic rings. The number of carbonyl (C=O) groups excluding carboxylic acids is 1. The Kier molecular flexibility index (Phi) is 5.66. The number of rotatable bonds is 6. The number of ether oxygens (including phenoxy) is 2. The molecule has 0 atom stereocenters. The molecule has 0 saturated heterocycles. The monoisotopic (exact) mass is 331 g/mol. The third-order valence-electron chi connectivity index (χ3n) is 3.16. The van der Waals surface area contributed by atoms with E-state index in [1.165, 1.54) is 7.11 Å². The van der Waals surface area contributed by atoms with Crippen molar-refractivity contribution in [1.82, 2.24) is 0 Å². The summed E-state index contributed by atoms with van der Waals surface area (Å²) in [6.45, 7) is 5.89. The number of hydrogen-bond donors (Lipinski definition) is 1. The first-order valence-corrected chi connectivity index (χ1v) is 7.42. The van der Waals surface area contributed by atoms with Crippen molar-refractivity contribution in [3.63, 3.8) is 0 Å². The summed E-state index contributed by atoms with van der Waals surface area (Å²) in [6.07, 6.45) is 1.64. The van der Waals surface area contributed by atoms with Gasteiger partial charge in [0.25, 0.3) is 5.91 Å². The number of benzene rings is 2. The van der Waals surface area contributed by atoms with E-state index in [-0.39, 0.29) is 5.91 Å². The third-order valence-corrected chi connectivity index (χ3v) is 3.47. The zero-order valence-electron chi connectivity index (χ0n) is 13.1. The van der Waals surface area contributed by atoms with Crippen molar-refractivity contribution >= 4 is 23.2 Å². The quantitative estimate of drug-likeness (QED) is 0.794. The van der Waals surface area contributed by atoms with E-state index < -0.39 is 0 Å². The van der Waals surface area contributed by atoms with Crippen molar-refractivity contribution in [2.45, 2.75) is 6.92 Å². The summed E-state index contributed by atoms with van der Waals surface area (Å²) in [5, 5.41) is 3.28. The molecule has 0 fully saturated rings. The molecule has 4 nitrogen and oxygen atoms in total. The highest BCUT2D eigenvalue weighted by Crippen LogP contribution is 2.29. The van der Waals surface area contributed by atoms with Crippen LogP contribution in [0, 0.1) is 6.92 Å². The predicted octanol–water partition coefficient (Wildman–Crippen LogP) is 4.47. The summed E-state index contributed by atoms with van der Waals surface area (Å²) in [4.78, 5) is 12.4. The van der Waals surface area contributed by atoms with Crippen molar-refractivity contribution < 1.29 is 14.3 Å². The van der Waals surface area contributed by atoms with Crippen LogP contribution in [0.15, 0.2) is 49.1 Å². The molecule has 0 aliphatic heterocycles. The van der Waals surface area contributed by atoms with E-state index in [0.717, 1.165) is 5.56 Å². The Morgan fingerprint density at radius 2 is 2.04 bits per heavy atom. The molecule has 0 unspecified atom stereocenters. The zero-order valence-corrected chi connectivity index (χ0v) is 13.8. The fraction of sp³-hybridized carbons (Fsp3) is 0.167. The predicted molar refractivity (Wildman–Crippen MR) is 92.8 cm³/mol. The maximum Gasteiger partial charge on any atom is 0.255 e. The largest absolute Gasteiger partial charge is 0.493 e. The number of amides is 1. The van der Waals surface area contributed by atoms with Crippen LogP contribution in [0.2, 0.25) is 5.02 Å². The molecule has 0 radical (unpaired) electrons. The Labute approximate surface area is 140 Å². The lowest BCUT2D eigenvalue weighted by Gasteiger charge is -2.12. The molecule has 0 spiro atoms. The van der Waals surface area contributed by atoms with E-state index in [9.17, 15) is 4.79 Å². The summed E-state index contributed by atoms with van der Waals surface area (Å²) in [7, 11) is 1.52. The molecule has 1 N–H and O–H groups in total. The number of carbonyl (C=O) groups is 1. The van der Waals surface area contributed by atoms with Crippen LogP contribution in [0.1, 0.15) is 15.9 Å². The number of anilines is 1. The smallest absolute Gasteiger partial charge is 0.255 e. The molecule has 23 heavy (non-hydrogen) atoms. The second-order valence-corrected chi connectivity index (χ2v) is 5.31. The van der Waals surface area contributed by atoms with Gasteiger partial charge in [0.1, 0.15) is 6.61 Å². The molecule has 2 rings (SSSR count). The third kappa shape index (κ3) is 4.27. The van der Waals surface area contributed by atoms with Crippen LogP contribution in [-0.2, 0) is 0 Å². The van der Waals surface area contributed by atoms with Crippen LogP contribution in [0.5, 0.6) is 11.5 Å². The lowest BCUT2D eigenvalue weighted by atomic mass is 10.1. The molecular formula is C18H18ClNO3. The van der Waals surface area contributed by atoms with Crippen LogP contribution in [0.4, 0.5) is 5.69 Å². The van der Waals surface area contributed by atoms with Gasteiger partial charge in [-0.1, -0.05) is 30.3 Å². The molecule has 0 aliphatic rings. The van der Waals surface area contributed by atoms with Crippen LogP contribution in [0.25, 0.3) is 0 Å². The van der Waals surface area contributed by atoms with E-state index in [4.69, 9.17) is 21.1 Å². The van der Waals surface area contributed by atoms with Gasteiger partial charge in [0.2, 0.25) is 0 Å². The van der Waals surface area contributed by atoms with Crippen LogP contribution in [-0.4, -0.2) is 19.6 Å². The fourth-order valence-corrected chi connectivity index (χ4v) is 2.28. The maximum atomic E-state index is 12.4. The first-order valence-electron chi connectivity index (χ1n) is 7.04. The molecule has 0 aliphatic carbocycles. The second kappa shape index (κ2) is 7.70. The lowest BCUT2D eigenvalue weighted by Crippen LogP contribution is -2.12. The van der Waals surface area contributed by atoms with E-state index in [1.54, 1.807) is 36.4 Å². The highest BCUT2D eigenvalue weighted by molar-refractivity contribution is 6.34. The average Bonchev–Trinajstić information content (AvgIpc) is 2.55. The van der Waals surface area contributed by atoms with Crippen molar-refractivity contribution in [3.05, 3.63) is 65.2 Å². The number of halogens is 1. The van der Waals surface area contributed by atoms with Crippen molar-refractivity contribution in [2.75, 3.05) is 19.0 Å². The Balaban J connectivity index is 2.20. The number of nitrogens with one attached hydrogen (secondary N) is 1. The lowest BCUT2D eigenvalue weighted by molar-refractivity contribution is 0.102. The number of methoxy groups -OCH3 is 1. The summed E-state index contributed by atoms with van der Waals surface area (Å²) >= 11 is 6.13. The molecule has 0 bridgehead atoms. The van der Waals surface area contributed by atoms with E-state index in [2.05, 4.69) is 11.9 Å². The Morgan fingerprint density at radius 1 is 1.26 bits per heavy atom. The van der Waals surface area contributed by atoms with Gasteiger partial charge in [0, 0.05) is 5.56 Å². The van der Waals surface area contributed by atoms with Gasteiger partial charge >= 0.3 is 0 Å². The minimum absolute atomic E-state index is 0.274. The highest BCUT2D eigenvalue weighted by Gasteiger charge is 2.12. The fourth-order valence-electron chi connectivity index (χ4n) is 1.99. The van der Waals surface area contributed by atoms with Gasteiger partial charge in [-0.2, -0.15) is 0 Å². The Bertz CT molecular complexity index is 728. The molecule has 0 heterocycles. The molecular weight excluding hydrogens is 314 g/mol.